The Morgan fingerprint density at radius 2 is 1.94 bits per heavy atom. The Kier molecular flexibility index (Phi) is 4.28. The molecule has 0 spiro atoms. The average molecular weight is 263 g/mol. The van der Waals surface area contributed by atoms with E-state index in [0.717, 1.165) is 22.1 Å². The molecule has 94 valence electrons. The van der Waals surface area contributed by atoms with Gasteiger partial charge in [-0.15, -0.1) is 11.8 Å². The molecule has 18 heavy (non-hydrogen) atoms. The molecule has 0 radical (unpaired) electrons. The lowest BCUT2D eigenvalue weighted by Crippen LogP contribution is -2.05. The Morgan fingerprint density at radius 1 is 1.22 bits per heavy atom. The minimum Gasteiger partial charge on any atom is -0.325 e. The van der Waals surface area contributed by atoms with E-state index in [1.807, 2.05) is 13.0 Å². The second-order valence-electron chi connectivity index (χ2n) is 3.86. The van der Waals surface area contributed by atoms with Gasteiger partial charge in [0.15, 0.2) is 0 Å². The van der Waals surface area contributed by atoms with E-state index in [1.165, 1.54) is 12.1 Å². The summed E-state index contributed by atoms with van der Waals surface area (Å²) in [5.41, 5.74) is 7.33. The van der Waals surface area contributed by atoms with Crippen LogP contribution in [0.2, 0.25) is 0 Å². The van der Waals surface area contributed by atoms with Crippen molar-refractivity contribution in [3.05, 3.63) is 53.4 Å². The first-order valence-corrected chi connectivity index (χ1v) is 6.58. The van der Waals surface area contributed by atoms with Crippen LogP contribution in [0.3, 0.4) is 0 Å². The van der Waals surface area contributed by atoms with Gasteiger partial charge in [0, 0.05) is 17.1 Å². The SMILES string of the molecule is Cc1cc(CN)nc(CSc2ccc(F)cc2)n1. The number of hydrogen-bond acceptors (Lipinski definition) is 4. The smallest absolute Gasteiger partial charge is 0.139 e. The molecule has 1 aromatic carbocycles. The lowest BCUT2D eigenvalue weighted by atomic mass is 10.3. The van der Waals surface area contributed by atoms with Gasteiger partial charge in [-0.3, -0.25) is 0 Å². The molecule has 0 fully saturated rings. The van der Waals surface area contributed by atoms with Crippen molar-refractivity contribution in [2.24, 2.45) is 5.73 Å². The van der Waals surface area contributed by atoms with E-state index in [-0.39, 0.29) is 5.82 Å². The summed E-state index contributed by atoms with van der Waals surface area (Å²) in [6.07, 6.45) is 0. The summed E-state index contributed by atoms with van der Waals surface area (Å²) in [5, 5.41) is 0. The van der Waals surface area contributed by atoms with Crippen molar-refractivity contribution < 1.29 is 4.39 Å². The number of aryl methyl sites for hydroxylation is 1. The molecule has 3 nitrogen and oxygen atoms in total. The first kappa shape index (κ1) is 13.0. The van der Waals surface area contributed by atoms with Gasteiger partial charge in [0.1, 0.15) is 11.6 Å². The molecule has 0 bridgehead atoms. The molecule has 5 heteroatoms. The summed E-state index contributed by atoms with van der Waals surface area (Å²) >= 11 is 1.58. The number of halogens is 1. The summed E-state index contributed by atoms with van der Waals surface area (Å²) in [7, 11) is 0. The maximum atomic E-state index is 12.8. The van der Waals surface area contributed by atoms with Gasteiger partial charge in [0.25, 0.3) is 0 Å². The molecule has 1 heterocycles. The van der Waals surface area contributed by atoms with Gasteiger partial charge in [-0.25, -0.2) is 14.4 Å². The third-order valence-electron chi connectivity index (χ3n) is 2.34. The molecule has 0 aliphatic carbocycles. The van der Waals surface area contributed by atoms with Crippen molar-refractivity contribution in [3.8, 4) is 0 Å². The van der Waals surface area contributed by atoms with Crippen LogP contribution in [-0.2, 0) is 12.3 Å². The fraction of sp³-hybridized carbons (Fsp3) is 0.231. The van der Waals surface area contributed by atoms with Gasteiger partial charge in [-0.2, -0.15) is 0 Å². The highest BCUT2D eigenvalue weighted by Gasteiger charge is 2.03. The summed E-state index contributed by atoms with van der Waals surface area (Å²) in [6.45, 7) is 2.34. The molecule has 0 aliphatic heterocycles. The molecule has 0 aliphatic rings. The molecule has 2 rings (SSSR count). The maximum absolute atomic E-state index is 12.8. The number of hydrogen-bond donors (Lipinski definition) is 1. The minimum atomic E-state index is -0.225. The third kappa shape index (κ3) is 3.51. The summed E-state index contributed by atoms with van der Waals surface area (Å²) in [6, 6.07) is 8.28. The monoisotopic (exact) mass is 263 g/mol. The van der Waals surface area contributed by atoms with Gasteiger partial charge in [0.05, 0.1) is 11.4 Å². The number of thioether (sulfide) groups is 1. The normalized spacial score (nSPS) is 10.6. The lowest BCUT2D eigenvalue weighted by Gasteiger charge is -2.04. The van der Waals surface area contributed by atoms with E-state index < -0.39 is 0 Å². The minimum absolute atomic E-state index is 0.225. The summed E-state index contributed by atoms with van der Waals surface area (Å²) in [5.74, 6) is 1.18. The van der Waals surface area contributed by atoms with E-state index in [9.17, 15) is 4.39 Å². The van der Waals surface area contributed by atoms with Crippen molar-refractivity contribution in [2.45, 2.75) is 24.1 Å². The van der Waals surface area contributed by atoms with E-state index in [2.05, 4.69) is 9.97 Å². The maximum Gasteiger partial charge on any atom is 0.139 e. The molecule has 1 aromatic heterocycles. The quantitative estimate of drug-likeness (QED) is 0.862. The summed E-state index contributed by atoms with van der Waals surface area (Å²) < 4.78 is 12.8. The topological polar surface area (TPSA) is 51.8 Å². The van der Waals surface area contributed by atoms with Crippen LogP contribution < -0.4 is 5.73 Å². The highest BCUT2D eigenvalue weighted by Crippen LogP contribution is 2.21. The first-order valence-electron chi connectivity index (χ1n) is 5.59. The predicted octanol–water partition coefficient (Wildman–Crippen LogP) is 2.68. The van der Waals surface area contributed by atoms with Gasteiger partial charge in [-0.05, 0) is 37.3 Å². The Balaban J connectivity index is 2.05. The second kappa shape index (κ2) is 5.93. The zero-order valence-corrected chi connectivity index (χ0v) is 10.9. The van der Waals surface area contributed by atoms with Crippen LogP contribution in [0.5, 0.6) is 0 Å². The fourth-order valence-electron chi connectivity index (χ4n) is 1.55. The van der Waals surface area contributed by atoms with Gasteiger partial charge in [0.2, 0.25) is 0 Å². The standard InChI is InChI=1S/C13H14FN3S/c1-9-6-11(7-15)17-13(16-9)8-18-12-4-2-10(14)3-5-12/h2-6H,7-8,15H2,1H3. The number of nitrogens with two attached hydrogens (primary N) is 1. The van der Waals surface area contributed by atoms with Crippen molar-refractivity contribution >= 4 is 11.8 Å². The summed E-state index contributed by atoms with van der Waals surface area (Å²) in [4.78, 5) is 9.70. The molecule has 0 amide bonds. The van der Waals surface area contributed by atoms with Crippen molar-refractivity contribution in [3.63, 3.8) is 0 Å². The Morgan fingerprint density at radius 3 is 2.61 bits per heavy atom. The Labute approximate surface area is 110 Å². The van der Waals surface area contributed by atoms with E-state index >= 15 is 0 Å². The molecule has 0 atom stereocenters. The number of rotatable bonds is 4. The number of benzene rings is 1. The van der Waals surface area contributed by atoms with Gasteiger partial charge < -0.3 is 5.73 Å². The van der Waals surface area contributed by atoms with Crippen LogP contribution >= 0.6 is 11.8 Å². The third-order valence-corrected chi connectivity index (χ3v) is 3.35. The molecule has 2 N–H and O–H groups in total. The van der Waals surface area contributed by atoms with Crippen LogP contribution in [0.15, 0.2) is 35.2 Å². The highest BCUT2D eigenvalue weighted by atomic mass is 32.2. The zero-order valence-electron chi connectivity index (χ0n) is 10.1. The second-order valence-corrected chi connectivity index (χ2v) is 4.91. The van der Waals surface area contributed by atoms with Crippen LogP contribution in [0.25, 0.3) is 0 Å². The zero-order chi connectivity index (χ0) is 13.0. The van der Waals surface area contributed by atoms with Crippen LogP contribution in [-0.4, -0.2) is 9.97 Å². The van der Waals surface area contributed by atoms with Crippen molar-refractivity contribution in [1.82, 2.24) is 9.97 Å². The first-order chi connectivity index (χ1) is 8.67. The number of aromatic nitrogens is 2. The van der Waals surface area contributed by atoms with Gasteiger partial charge in [-0.1, -0.05) is 0 Å². The van der Waals surface area contributed by atoms with E-state index in [4.69, 9.17) is 5.73 Å². The molecule has 0 saturated carbocycles. The average Bonchev–Trinajstić information content (AvgIpc) is 2.37. The highest BCUT2D eigenvalue weighted by molar-refractivity contribution is 7.98. The predicted molar refractivity (Wildman–Crippen MR) is 70.6 cm³/mol. The Hall–Kier alpha value is -1.46. The van der Waals surface area contributed by atoms with Crippen LogP contribution in [0, 0.1) is 12.7 Å². The lowest BCUT2D eigenvalue weighted by molar-refractivity contribution is 0.626. The molecule has 0 unspecified atom stereocenters. The van der Waals surface area contributed by atoms with Crippen molar-refractivity contribution in [2.75, 3.05) is 0 Å². The largest absolute Gasteiger partial charge is 0.325 e. The van der Waals surface area contributed by atoms with Gasteiger partial charge >= 0.3 is 0 Å². The van der Waals surface area contributed by atoms with Crippen LogP contribution in [0.1, 0.15) is 17.2 Å². The van der Waals surface area contributed by atoms with E-state index in [1.54, 1.807) is 23.9 Å². The fourth-order valence-corrected chi connectivity index (χ4v) is 2.30. The molecular formula is C13H14FN3S. The number of nitrogens with zero attached hydrogens (tertiary/aromatic N) is 2. The van der Waals surface area contributed by atoms with Crippen molar-refractivity contribution in [1.29, 1.82) is 0 Å². The Bertz CT molecular complexity index is 528. The van der Waals surface area contributed by atoms with E-state index in [0.29, 0.717) is 12.3 Å². The van der Waals surface area contributed by atoms with Crippen LogP contribution in [0.4, 0.5) is 4.39 Å². The molecule has 2 aromatic rings. The molecule has 0 saturated heterocycles. The molecular weight excluding hydrogens is 249 g/mol.